The minimum atomic E-state index is -0.0684. The van der Waals surface area contributed by atoms with E-state index in [-0.39, 0.29) is 11.8 Å². The number of nitrogens with one attached hydrogen (secondary N) is 1. The SMILES string of the molecule is C[C@H]1C(=O)NCCc2ccc(-c3ccccc3)cc21. The summed E-state index contributed by atoms with van der Waals surface area (Å²) in [6, 6.07) is 16.8. The highest BCUT2D eigenvalue weighted by Crippen LogP contribution is 2.28. The zero-order valence-corrected chi connectivity index (χ0v) is 11.0. The van der Waals surface area contributed by atoms with Crippen LogP contribution in [0.15, 0.2) is 48.5 Å². The summed E-state index contributed by atoms with van der Waals surface area (Å²) in [4.78, 5) is 11.9. The van der Waals surface area contributed by atoms with Crippen LogP contribution in [0.4, 0.5) is 0 Å². The van der Waals surface area contributed by atoms with Crippen molar-refractivity contribution in [2.75, 3.05) is 6.54 Å². The third-order valence-corrected chi connectivity index (χ3v) is 3.81. The number of benzene rings is 2. The van der Waals surface area contributed by atoms with Gasteiger partial charge in [-0.05, 0) is 35.6 Å². The molecule has 0 radical (unpaired) electrons. The van der Waals surface area contributed by atoms with Gasteiger partial charge in [-0.25, -0.2) is 0 Å². The van der Waals surface area contributed by atoms with Crippen molar-refractivity contribution in [2.24, 2.45) is 0 Å². The van der Waals surface area contributed by atoms with Gasteiger partial charge in [-0.2, -0.15) is 0 Å². The zero-order chi connectivity index (χ0) is 13.2. The Bertz CT molecular complexity index is 604. The van der Waals surface area contributed by atoms with E-state index < -0.39 is 0 Å². The first-order valence-corrected chi connectivity index (χ1v) is 6.71. The van der Waals surface area contributed by atoms with Crippen LogP contribution in [-0.4, -0.2) is 12.5 Å². The predicted octanol–water partition coefficient (Wildman–Crippen LogP) is 3.13. The first kappa shape index (κ1) is 12.0. The molecule has 3 rings (SSSR count). The third-order valence-electron chi connectivity index (χ3n) is 3.81. The molecule has 0 unspecified atom stereocenters. The first-order chi connectivity index (χ1) is 9.25. The Morgan fingerprint density at radius 1 is 1.05 bits per heavy atom. The fraction of sp³-hybridized carbons (Fsp3) is 0.235. The van der Waals surface area contributed by atoms with Crippen molar-refractivity contribution < 1.29 is 4.79 Å². The van der Waals surface area contributed by atoms with Crippen LogP contribution in [0.3, 0.4) is 0 Å². The van der Waals surface area contributed by atoms with E-state index in [1.165, 1.54) is 16.7 Å². The second-order valence-electron chi connectivity index (χ2n) is 5.04. The Hall–Kier alpha value is -2.09. The lowest BCUT2D eigenvalue weighted by molar-refractivity contribution is -0.121. The summed E-state index contributed by atoms with van der Waals surface area (Å²) in [5.41, 5.74) is 4.82. The number of hydrogen-bond donors (Lipinski definition) is 1. The Balaban J connectivity index is 2.08. The average Bonchev–Trinajstić information content (AvgIpc) is 2.60. The maximum absolute atomic E-state index is 11.9. The highest BCUT2D eigenvalue weighted by atomic mass is 16.1. The monoisotopic (exact) mass is 251 g/mol. The summed E-state index contributed by atoms with van der Waals surface area (Å²) in [6.45, 7) is 2.72. The van der Waals surface area contributed by atoms with Gasteiger partial charge in [-0.3, -0.25) is 4.79 Å². The van der Waals surface area contributed by atoms with Crippen LogP contribution in [0, 0.1) is 0 Å². The molecule has 2 heteroatoms. The van der Waals surface area contributed by atoms with Crippen LogP contribution in [0.25, 0.3) is 11.1 Å². The molecule has 19 heavy (non-hydrogen) atoms. The van der Waals surface area contributed by atoms with E-state index in [2.05, 4.69) is 35.6 Å². The number of rotatable bonds is 1. The molecule has 1 N–H and O–H groups in total. The lowest BCUT2D eigenvalue weighted by Crippen LogP contribution is -2.26. The second-order valence-corrected chi connectivity index (χ2v) is 5.04. The Morgan fingerprint density at radius 3 is 2.63 bits per heavy atom. The predicted molar refractivity (Wildman–Crippen MR) is 77.0 cm³/mol. The van der Waals surface area contributed by atoms with E-state index in [1.807, 2.05) is 25.1 Å². The molecule has 0 fully saturated rings. The third kappa shape index (κ3) is 2.26. The van der Waals surface area contributed by atoms with E-state index >= 15 is 0 Å². The van der Waals surface area contributed by atoms with Gasteiger partial charge in [0.25, 0.3) is 0 Å². The van der Waals surface area contributed by atoms with Crippen molar-refractivity contribution in [3.63, 3.8) is 0 Å². The Morgan fingerprint density at radius 2 is 1.84 bits per heavy atom. The number of fused-ring (bicyclic) bond motifs is 1. The van der Waals surface area contributed by atoms with Crippen LogP contribution < -0.4 is 5.32 Å². The molecule has 2 nitrogen and oxygen atoms in total. The average molecular weight is 251 g/mol. The van der Waals surface area contributed by atoms with Crippen molar-refractivity contribution in [3.05, 3.63) is 59.7 Å². The van der Waals surface area contributed by atoms with Crippen molar-refractivity contribution in [2.45, 2.75) is 19.3 Å². The van der Waals surface area contributed by atoms with Gasteiger partial charge in [0.2, 0.25) is 5.91 Å². The molecule has 0 spiro atoms. The van der Waals surface area contributed by atoms with E-state index in [0.717, 1.165) is 18.5 Å². The summed E-state index contributed by atoms with van der Waals surface area (Å²) in [5.74, 6) is 0.0603. The molecule has 1 atom stereocenters. The van der Waals surface area contributed by atoms with E-state index in [0.29, 0.717) is 0 Å². The molecule has 0 bridgehead atoms. The van der Waals surface area contributed by atoms with Gasteiger partial charge in [0.1, 0.15) is 0 Å². The van der Waals surface area contributed by atoms with Crippen molar-refractivity contribution in [3.8, 4) is 11.1 Å². The molecule has 0 aromatic heterocycles. The number of carbonyl (C=O) groups is 1. The molecule has 1 heterocycles. The fourth-order valence-corrected chi connectivity index (χ4v) is 2.65. The van der Waals surface area contributed by atoms with Gasteiger partial charge >= 0.3 is 0 Å². The normalized spacial score (nSPS) is 18.4. The van der Waals surface area contributed by atoms with Crippen LogP contribution in [0.2, 0.25) is 0 Å². The Labute approximate surface area is 113 Å². The van der Waals surface area contributed by atoms with Crippen LogP contribution in [-0.2, 0) is 11.2 Å². The molecule has 1 amide bonds. The largest absolute Gasteiger partial charge is 0.355 e. The highest BCUT2D eigenvalue weighted by Gasteiger charge is 2.21. The van der Waals surface area contributed by atoms with Gasteiger partial charge in [0.05, 0.1) is 5.92 Å². The minimum absolute atomic E-state index is 0.0684. The van der Waals surface area contributed by atoms with Gasteiger partial charge in [0.15, 0.2) is 0 Å². The molecule has 2 aromatic carbocycles. The van der Waals surface area contributed by atoms with Gasteiger partial charge in [0, 0.05) is 6.54 Å². The highest BCUT2D eigenvalue weighted by molar-refractivity contribution is 5.85. The lowest BCUT2D eigenvalue weighted by atomic mass is 9.91. The molecule has 1 aliphatic rings. The minimum Gasteiger partial charge on any atom is -0.355 e. The molecule has 0 saturated carbocycles. The molecular formula is C17H17NO. The number of hydrogen-bond acceptors (Lipinski definition) is 1. The van der Waals surface area contributed by atoms with Crippen LogP contribution >= 0.6 is 0 Å². The van der Waals surface area contributed by atoms with Crippen molar-refractivity contribution in [1.29, 1.82) is 0 Å². The van der Waals surface area contributed by atoms with Crippen molar-refractivity contribution >= 4 is 5.91 Å². The van der Waals surface area contributed by atoms with Crippen molar-refractivity contribution in [1.82, 2.24) is 5.32 Å². The molecule has 96 valence electrons. The fourth-order valence-electron chi connectivity index (χ4n) is 2.65. The Kier molecular flexibility index (Phi) is 3.08. The summed E-state index contributed by atoms with van der Waals surface area (Å²) in [6.07, 6.45) is 0.917. The molecule has 2 aromatic rings. The standard InChI is InChI=1S/C17H17NO/c1-12-16-11-15(13-5-3-2-4-6-13)8-7-14(16)9-10-18-17(12)19/h2-8,11-12H,9-10H2,1H3,(H,18,19)/t12-/m1/s1. The molecule has 0 aliphatic carbocycles. The molecule has 0 saturated heterocycles. The van der Waals surface area contributed by atoms with E-state index in [1.54, 1.807) is 0 Å². The second kappa shape index (κ2) is 4.88. The van der Waals surface area contributed by atoms with Gasteiger partial charge < -0.3 is 5.32 Å². The van der Waals surface area contributed by atoms with E-state index in [9.17, 15) is 4.79 Å². The van der Waals surface area contributed by atoms with Crippen LogP contribution in [0.5, 0.6) is 0 Å². The summed E-state index contributed by atoms with van der Waals surface area (Å²) in [7, 11) is 0. The summed E-state index contributed by atoms with van der Waals surface area (Å²) in [5, 5.41) is 2.96. The topological polar surface area (TPSA) is 29.1 Å². The smallest absolute Gasteiger partial charge is 0.227 e. The maximum Gasteiger partial charge on any atom is 0.227 e. The number of carbonyl (C=O) groups excluding carboxylic acids is 1. The first-order valence-electron chi connectivity index (χ1n) is 6.71. The quantitative estimate of drug-likeness (QED) is 0.829. The maximum atomic E-state index is 11.9. The number of amides is 1. The van der Waals surface area contributed by atoms with Gasteiger partial charge in [-0.15, -0.1) is 0 Å². The summed E-state index contributed by atoms with van der Waals surface area (Å²) < 4.78 is 0. The summed E-state index contributed by atoms with van der Waals surface area (Å²) >= 11 is 0. The molecule has 1 aliphatic heterocycles. The van der Waals surface area contributed by atoms with Crippen LogP contribution in [0.1, 0.15) is 24.0 Å². The zero-order valence-electron chi connectivity index (χ0n) is 11.0. The van der Waals surface area contributed by atoms with Gasteiger partial charge in [-0.1, -0.05) is 48.5 Å². The molecular weight excluding hydrogens is 234 g/mol. The lowest BCUT2D eigenvalue weighted by Gasteiger charge is -2.13. The van der Waals surface area contributed by atoms with E-state index in [4.69, 9.17) is 0 Å².